The fourth-order valence-corrected chi connectivity index (χ4v) is 2.69. The summed E-state index contributed by atoms with van der Waals surface area (Å²) in [6.07, 6.45) is -2.73. The Morgan fingerprint density at radius 1 is 0.923 bits per heavy atom. The molecule has 2 aromatic carbocycles. The maximum Gasteiger partial charge on any atom is 0.416 e. The van der Waals surface area contributed by atoms with E-state index in [1.807, 2.05) is 36.4 Å². The Bertz CT molecular complexity index is 1060. The SMILES string of the molecule is FC(F)(F)c1cccc(-c2nc3c(Nc4ccccn4)cccc3[nH]2)c1. The standard InChI is InChI=1S/C19H13F3N4/c20-19(21,22)13-6-3-5-12(11-13)18-25-15-8-4-7-14(17(15)26-18)24-16-9-1-2-10-23-16/h1-11H,(H,23,24)(H,25,26). The number of para-hydroxylation sites is 1. The van der Waals surface area contributed by atoms with E-state index in [2.05, 4.69) is 20.3 Å². The molecule has 0 fully saturated rings. The van der Waals surface area contributed by atoms with Gasteiger partial charge >= 0.3 is 6.18 Å². The molecule has 4 aromatic rings. The minimum Gasteiger partial charge on any atom is -0.338 e. The summed E-state index contributed by atoms with van der Waals surface area (Å²) in [4.78, 5) is 11.8. The summed E-state index contributed by atoms with van der Waals surface area (Å²) < 4.78 is 38.8. The van der Waals surface area contributed by atoms with Gasteiger partial charge in [0, 0.05) is 11.8 Å². The predicted molar refractivity (Wildman–Crippen MR) is 94.1 cm³/mol. The number of rotatable bonds is 3. The molecular weight excluding hydrogens is 341 g/mol. The monoisotopic (exact) mass is 354 g/mol. The van der Waals surface area contributed by atoms with Crippen molar-refractivity contribution in [2.45, 2.75) is 6.18 Å². The van der Waals surface area contributed by atoms with Crippen LogP contribution in [-0.2, 0) is 6.18 Å². The number of hydrogen-bond acceptors (Lipinski definition) is 3. The molecule has 7 heteroatoms. The Balaban J connectivity index is 1.76. The summed E-state index contributed by atoms with van der Waals surface area (Å²) in [6.45, 7) is 0. The van der Waals surface area contributed by atoms with E-state index in [0.717, 1.165) is 23.3 Å². The van der Waals surface area contributed by atoms with Crippen molar-refractivity contribution in [3.8, 4) is 11.4 Å². The second kappa shape index (κ2) is 6.18. The maximum absolute atomic E-state index is 12.9. The molecule has 0 aliphatic heterocycles. The van der Waals surface area contributed by atoms with Crippen LogP contribution in [0.3, 0.4) is 0 Å². The van der Waals surface area contributed by atoms with E-state index in [9.17, 15) is 13.2 Å². The second-order valence-corrected chi connectivity index (χ2v) is 5.71. The molecule has 2 heterocycles. The highest BCUT2D eigenvalue weighted by Crippen LogP contribution is 2.33. The Morgan fingerprint density at radius 3 is 2.54 bits per heavy atom. The minimum absolute atomic E-state index is 0.375. The van der Waals surface area contributed by atoms with Gasteiger partial charge in [0.25, 0.3) is 0 Å². The number of imidazole rings is 1. The van der Waals surface area contributed by atoms with Crippen LogP contribution in [0.15, 0.2) is 66.9 Å². The Hall–Kier alpha value is -3.35. The van der Waals surface area contributed by atoms with Crippen LogP contribution in [0.2, 0.25) is 0 Å². The van der Waals surface area contributed by atoms with Crippen molar-refractivity contribution in [1.29, 1.82) is 0 Å². The Labute approximate surface area is 146 Å². The van der Waals surface area contributed by atoms with Crippen molar-refractivity contribution in [2.24, 2.45) is 0 Å². The van der Waals surface area contributed by atoms with E-state index in [1.165, 1.54) is 6.07 Å². The molecular formula is C19H13F3N4. The zero-order valence-corrected chi connectivity index (χ0v) is 13.4. The van der Waals surface area contributed by atoms with E-state index in [4.69, 9.17) is 0 Å². The van der Waals surface area contributed by atoms with E-state index >= 15 is 0 Å². The van der Waals surface area contributed by atoms with Gasteiger partial charge in [-0.3, -0.25) is 0 Å². The minimum atomic E-state index is -4.40. The molecule has 0 aliphatic rings. The van der Waals surface area contributed by atoms with Crippen molar-refractivity contribution in [2.75, 3.05) is 5.32 Å². The molecule has 4 rings (SSSR count). The van der Waals surface area contributed by atoms with Crippen LogP contribution in [0.4, 0.5) is 24.7 Å². The molecule has 0 spiro atoms. The van der Waals surface area contributed by atoms with Crippen LogP contribution in [-0.4, -0.2) is 15.0 Å². The molecule has 0 atom stereocenters. The Morgan fingerprint density at radius 2 is 1.77 bits per heavy atom. The fraction of sp³-hybridized carbons (Fsp3) is 0.0526. The molecule has 0 unspecified atom stereocenters. The molecule has 0 saturated heterocycles. The smallest absolute Gasteiger partial charge is 0.338 e. The molecule has 2 aromatic heterocycles. The van der Waals surface area contributed by atoms with Crippen LogP contribution in [0.1, 0.15) is 5.56 Å². The predicted octanol–water partition coefficient (Wildman–Crippen LogP) is 5.39. The van der Waals surface area contributed by atoms with Gasteiger partial charge in [-0.1, -0.05) is 24.3 Å². The number of hydrogen-bond donors (Lipinski definition) is 2. The first-order valence-corrected chi connectivity index (χ1v) is 7.85. The normalized spacial score (nSPS) is 11.7. The number of fused-ring (bicyclic) bond motifs is 1. The number of benzene rings is 2. The van der Waals surface area contributed by atoms with Crippen LogP contribution in [0.5, 0.6) is 0 Å². The summed E-state index contributed by atoms with van der Waals surface area (Å²) >= 11 is 0. The van der Waals surface area contributed by atoms with Crippen LogP contribution >= 0.6 is 0 Å². The molecule has 130 valence electrons. The van der Waals surface area contributed by atoms with Gasteiger partial charge in [0.2, 0.25) is 0 Å². The third-order valence-electron chi connectivity index (χ3n) is 3.90. The lowest BCUT2D eigenvalue weighted by Crippen LogP contribution is -2.04. The number of aromatic amines is 1. The quantitative estimate of drug-likeness (QED) is 0.519. The highest BCUT2D eigenvalue weighted by molar-refractivity contribution is 5.92. The van der Waals surface area contributed by atoms with Gasteiger partial charge in [0.05, 0.1) is 16.8 Å². The van der Waals surface area contributed by atoms with Gasteiger partial charge in [0.15, 0.2) is 0 Å². The van der Waals surface area contributed by atoms with Gasteiger partial charge in [-0.2, -0.15) is 13.2 Å². The average Bonchev–Trinajstić information content (AvgIpc) is 3.07. The number of aromatic nitrogens is 3. The number of H-pyrrole nitrogens is 1. The van der Waals surface area contributed by atoms with Crippen molar-refractivity contribution in [3.63, 3.8) is 0 Å². The van der Waals surface area contributed by atoms with Crippen LogP contribution < -0.4 is 5.32 Å². The summed E-state index contributed by atoms with van der Waals surface area (Å²) in [5.41, 5.74) is 1.74. The largest absolute Gasteiger partial charge is 0.416 e. The highest BCUT2D eigenvalue weighted by Gasteiger charge is 2.30. The lowest BCUT2D eigenvalue weighted by atomic mass is 10.1. The lowest BCUT2D eigenvalue weighted by molar-refractivity contribution is -0.137. The number of anilines is 2. The van der Waals surface area contributed by atoms with Crippen molar-refractivity contribution in [3.05, 3.63) is 72.4 Å². The van der Waals surface area contributed by atoms with Crippen molar-refractivity contribution >= 4 is 22.5 Å². The Kier molecular flexibility index (Phi) is 3.84. The summed E-state index contributed by atoms with van der Waals surface area (Å²) in [7, 11) is 0. The van der Waals surface area contributed by atoms with Crippen LogP contribution in [0, 0.1) is 0 Å². The van der Waals surface area contributed by atoms with Crippen LogP contribution in [0.25, 0.3) is 22.4 Å². The van der Waals surface area contributed by atoms with Gasteiger partial charge in [-0.15, -0.1) is 0 Å². The second-order valence-electron chi connectivity index (χ2n) is 5.71. The first-order chi connectivity index (χ1) is 12.5. The van der Waals surface area contributed by atoms with E-state index in [0.29, 0.717) is 22.7 Å². The summed E-state index contributed by atoms with van der Waals surface area (Å²) in [5, 5.41) is 3.17. The molecule has 0 bridgehead atoms. The van der Waals surface area contributed by atoms with Gasteiger partial charge in [-0.25, -0.2) is 9.97 Å². The molecule has 26 heavy (non-hydrogen) atoms. The first kappa shape index (κ1) is 16.1. The molecule has 0 amide bonds. The molecule has 0 aliphatic carbocycles. The third-order valence-corrected chi connectivity index (χ3v) is 3.90. The van der Waals surface area contributed by atoms with Crippen molar-refractivity contribution < 1.29 is 13.2 Å². The lowest BCUT2D eigenvalue weighted by Gasteiger charge is -2.07. The molecule has 0 radical (unpaired) electrons. The zero-order valence-electron chi connectivity index (χ0n) is 13.4. The van der Waals surface area contributed by atoms with Gasteiger partial charge in [0.1, 0.15) is 17.2 Å². The van der Waals surface area contributed by atoms with E-state index in [-0.39, 0.29) is 0 Å². The fourth-order valence-electron chi connectivity index (χ4n) is 2.69. The summed E-state index contributed by atoms with van der Waals surface area (Å²) in [5.74, 6) is 1.03. The maximum atomic E-state index is 12.9. The molecule has 4 nitrogen and oxygen atoms in total. The topological polar surface area (TPSA) is 53.6 Å². The van der Waals surface area contributed by atoms with E-state index in [1.54, 1.807) is 12.3 Å². The van der Waals surface area contributed by atoms with Gasteiger partial charge in [-0.05, 0) is 36.4 Å². The number of alkyl halides is 3. The number of nitrogens with one attached hydrogen (secondary N) is 2. The number of halogens is 3. The molecule has 2 N–H and O–H groups in total. The highest BCUT2D eigenvalue weighted by atomic mass is 19.4. The number of nitrogens with zero attached hydrogens (tertiary/aromatic N) is 2. The first-order valence-electron chi connectivity index (χ1n) is 7.85. The third kappa shape index (κ3) is 3.11. The summed E-state index contributed by atoms with van der Waals surface area (Å²) in [6, 6.07) is 16.1. The molecule has 0 saturated carbocycles. The van der Waals surface area contributed by atoms with Crippen molar-refractivity contribution in [1.82, 2.24) is 15.0 Å². The van der Waals surface area contributed by atoms with Gasteiger partial charge < -0.3 is 10.3 Å². The average molecular weight is 354 g/mol. The zero-order chi connectivity index (χ0) is 18.1. The number of pyridine rings is 1. The van der Waals surface area contributed by atoms with E-state index < -0.39 is 11.7 Å².